The fraction of sp³-hybridized carbons (Fsp3) is 0.200. The molecule has 1 aromatic heterocycles. The highest BCUT2D eigenvalue weighted by atomic mass is 16.5. The van der Waals surface area contributed by atoms with Crippen LogP contribution in [0.15, 0.2) is 42.6 Å². The van der Waals surface area contributed by atoms with Crippen LogP contribution in [0.3, 0.4) is 0 Å². The minimum Gasteiger partial charge on any atom is -0.497 e. The molecule has 1 heterocycles. The monoisotopic (exact) mass is 257 g/mol. The van der Waals surface area contributed by atoms with Crippen molar-refractivity contribution in [3.8, 4) is 11.6 Å². The van der Waals surface area contributed by atoms with Crippen LogP contribution < -0.4 is 9.47 Å². The molecule has 0 radical (unpaired) electrons. The van der Waals surface area contributed by atoms with E-state index in [1.54, 1.807) is 25.4 Å². The number of hydrogen-bond donors (Lipinski definition) is 0. The maximum atomic E-state index is 12.2. The van der Waals surface area contributed by atoms with Gasteiger partial charge in [0.2, 0.25) is 5.88 Å². The van der Waals surface area contributed by atoms with Crippen LogP contribution in [0.4, 0.5) is 0 Å². The molecule has 1 aromatic carbocycles. The normalized spacial score (nSPS) is 10.0. The Morgan fingerprint density at radius 3 is 2.74 bits per heavy atom. The van der Waals surface area contributed by atoms with E-state index in [9.17, 15) is 4.79 Å². The molecule has 0 fully saturated rings. The highest BCUT2D eigenvalue weighted by Gasteiger charge is 2.13. The van der Waals surface area contributed by atoms with E-state index in [-0.39, 0.29) is 5.78 Å². The highest BCUT2D eigenvalue weighted by Crippen LogP contribution is 2.18. The van der Waals surface area contributed by atoms with Gasteiger partial charge in [-0.15, -0.1) is 0 Å². The van der Waals surface area contributed by atoms with Crippen LogP contribution in [0.25, 0.3) is 0 Å². The van der Waals surface area contributed by atoms with Crippen molar-refractivity contribution in [3.05, 3.63) is 53.7 Å². The van der Waals surface area contributed by atoms with E-state index in [1.165, 1.54) is 7.11 Å². The first-order chi connectivity index (χ1) is 9.24. The number of pyridine rings is 1. The SMILES string of the molecule is COc1cccc(CC(=O)c2cccnc2OC)c1. The van der Waals surface area contributed by atoms with Gasteiger partial charge >= 0.3 is 0 Å². The number of aromatic nitrogens is 1. The Balaban J connectivity index is 2.20. The Hall–Kier alpha value is -2.36. The van der Waals surface area contributed by atoms with Gasteiger partial charge in [0.15, 0.2) is 5.78 Å². The Bertz CT molecular complexity index is 581. The van der Waals surface area contributed by atoms with Crippen LogP contribution in [0.5, 0.6) is 11.6 Å². The zero-order valence-electron chi connectivity index (χ0n) is 10.9. The molecular formula is C15H15NO3. The zero-order chi connectivity index (χ0) is 13.7. The second-order valence-electron chi connectivity index (χ2n) is 4.01. The van der Waals surface area contributed by atoms with Crippen LogP contribution in [0.2, 0.25) is 0 Å². The molecule has 2 rings (SSSR count). The van der Waals surface area contributed by atoms with Crippen molar-refractivity contribution in [1.82, 2.24) is 4.98 Å². The molecular weight excluding hydrogens is 242 g/mol. The highest BCUT2D eigenvalue weighted by molar-refractivity contribution is 5.99. The summed E-state index contributed by atoms with van der Waals surface area (Å²) in [6.07, 6.45) is 1.89. The van der Waals surface area contributed by atoms with Gasteiger partial charge in [0, 0.05) is 12.6 Å². The van der Waals surface area contributed by atoms with Gasteiger partial charge in [-0.05, 0) is 29.8 Å². The van der Waals surface area contributed by atoms with E-state index in [0.29, 0.717) is 17.9 Å². The van der Waals surface area contributed by atoms with Gasteiger partial charge in [0.25, 0.3) is 0 Å². The van der Waals surface area contributed by atoms with Gasteiger partial charge in [-0.1, -0.05) is 12.1 Å². The summed E-state index contributed by atoms with van der Waals surface area (Å²) in [6, 6.07) is 10.9. The van der Waals surface area contributed by atoms with E-state index >= 15 is 0 Å². The molecule has 0 saturated heterocycles. The Labute approximate surface area is 112 Å². The van der Waals surface area contributed by atoms with E-state index in [4.69, 9.17) is 9.47 Å². The van der Waals surface area contributed by atoms with Crippen LogP contribution in [-0.4, -0.2) is 25.0 Å². The third-order valence-corrected chi connectivity index (χ3v) is 2.76. The second kappa shape index (κ2) is 6.00. The molecule has 2 aromatic rings. The summed E-state index contributed by atoms with van der Waals surface area (Å²) in [6.45, 7) is 0. The van der Waals surface area contributed by atoms with E-state index in [1.807, 2.05) is 24.3 Å². The van der Waals surface area contributed by atoms with Gasteiger partial charge in [-0.25, -0.2) is 4.98 Å². The van der Waals surface area contributed by atoms with Crippen LogP contribution in [-0.2, 0) is 6.42 Å². The number of carbonyl (C=O) groups is 1. The van der Waals surface area contributed by atoms with E-state index in [0.717, 1.165) is 11.3 Å². The summed E-state index contributed by atoms with van der Waals surface area (Å²) in [5, 5.41) is 0. The first-order valence-corrected chi connectivity index (χ1v) is 5.89. The Morgan fingerprint density at radius 2 is 2.00 bits per heavy atom. The largest absolute Gasteiger partial charge is 0.497 e. The smallest absolute Gasteiger partial charge is 0.224 e. The average Bonchev–Trinajstić information content (AvgIpc) is 2.47. The Kier molecular flexibility index (Phi) is 4.13. The van der Waals surface area contributed by atoms with Crippen LogP contribution >= 0.6 is 0 Å². The summed E-state index contributed by atoms with van der Waals surface area (Å²) in [4.78, 5) is 16.3. The van der Waals surface area contributed by atoms with Crippen molar-refractivity contribution < 1.29 is 14.3 Å². The van der Waals surface area contributed by atoms with Crippen molar-refractivity contribution in [2.75, 3.05) is 14.2 Å². The maximum absolute atomic E-state index is 12.2. The van der Waals surface area contributed by atoms with Gasteiger partial charge in [-0.3, -0.25) is 4.79 Å². The fourth-order valence-corrected chi connectivity index (χ4v) is 1.83. The standard InChI is InChI=1S/C15H15NO3/c1-18-12-6-3-5-11(9-12)10-14(17)13-7-4-8-16-15(13)19-2/h3-9H,10H2,1-2H3. The van der Waals surface area contributed by atoms with Crippen molar-refractivity contribution in [3.63, 3.8) is 0 Å². The number of carbonyl (C=O) groups excluding carboxylic acids is 1. The summed E-state index contributed by atoms with van der Waals surface area (Å²) >= 11 is 0. The van der Waals surface area contributed by atoms with E-state index in [2.05, 4.69) is 4.98 Å². The molecule has 0 aliphatic carbocycles. The first kappa shape index (κ1) is 13.1. The molecule has 0 spiro atoms. The zero-order valence-corrected chi connectivity index (χ0v) is 10.9. The number of ether oxygens (including phenoxy) is 2. The lowest BCUT2D eigenvalue weighted by atomic mass is 10.0. The molecule has 0 atom stereocenters. The third kappa shape index (κ3) is 3.10. The molecule has 0 amide bonds. The topological polar surface area (TPSA) is 48.4 Å². The third-order valence-electron chi connectivity index (χ3n) is 2.76. The number of Topliss-reactive ketones (excluding diaryl/α,β-unsaturated/α-hetero) is 1. The number of ketones is 1. The minimum atomic E-state index is -0.0294. The lowest BCUT2D eigenvalue weighted by Gasteiger charge is -2.07. The van der Waals surface area contributed by atoms with Crippen LogP contribution in [0, 0.1) is 0 Å². The predicted molar refractivity (Wildman–Crippen MR) is 71.8 cm³/mol. The molecule has 19 heavy (non-hydrogen) atoms. The molecule has 0 bridgehead atoms. The average molecular weight is 257 g/mol. The molecule has 0 aliphatic heterocycles. The van der Waals surface area contributed by atoms with Crippen molar-refractivity contribution >= 4 is 5.78 Å². The second-order valence-corrected chi connectivity index (χ2v) is 4.01. The van der Waals surface area contributed by atoms with Crippen molar-refractivity contribution in [1.29, 1.82) is 0 Å². The molecule has 0 unspecified atom stereocenters. The molecule has 98 valence electrons. The van der Waals surface area contributed by atoms with Crippen molar-refractivity contribution in [2.24, 2.45) is 0 Å². The summed E-state index contributed by atoms with van der Waals surface area (Å²) in [5.41, 5.74) is 1.39. The lowest BCUT2D eigenvalue weighted by Crippen LogP contribution is -2.06. The lowest BCUT2D eigenvalue weighted by molar-refractivity contribution is 0.0989. The quantitative estimate of drug-likeness (QED) is 0.772. The van der Waals surface area contributed by atoms with Gasteiger partial charge in [0.1, 0.15) is 5.75 Å². The predicted octanol–water partition coefficient (Wildman–Crippen LogP) is 2.52. The Morgan fingerprint density at radius 1 is 1.16 bits per heavy atom. The first-order valence-electron chi connectivity index (χ1n) is 5.89. The molecule has 0 aliphatic rings. The summed E-state index contributed by atoms with van der Waals surface area (Å²) in [5.74, 6) is 1.07. The number of nitrogens with zero attached hydrogens (tertiary/aromatic N) is 1. The number of rotatable bonds is 5. The number of methoxy groups -OCH3 is 2. The fourth-order valence-electron chi connectivity index (χ4n) is 1.83. The molecule has 4 heteroatoms. The summed E-state index contributed by atoms with van der Waals surface area (Å²) in [7, 11) is 3.11. The van der Waals surface area contributed by atoms with Crippen LogP contribution in [0.1, 0.15) is 15.9 Å². The summed E-state index contributed by atoms with van der Waals surface area (Å²) < 4.78 is 10.2. The number of hydrogen-bond acceptors (Lipinski definition) is 4. The molecule has 0 N–H and O–H groups in total. The minimum absolute atomic E-state index is 0.0294. The molecule has 4 nitrogen and oxygen atoms in total. The maximum Gasteiger partial charge on any atom is 0.224 e. The van der Waals surface area contributed by atoms with Gasteiger partial charge < -0.3 is 9.47 Å². The molecule has 0 saturated carbocycles. The van der Waals surface area contributed by atoms with Gasteiger partial charge in [0.05, 0.1) is 19.8 Å². The number of benzene rings is 1. The van der Waals surface area contributed by atoms with E-state index < -0.39 is 0 Å². The van der Waals surface area contributed by atoms with Crippen molar-refractivity contribution in [2.45, 2.75) is 6.42 Å². The van der Waals surface area contributed by atoms with Gasteiger partial charge in [-0.2, -0.15) is 0 Å².